The van der Waals surface area contributed by atoms with Gasteiger partial charge in [-0.05, 0) is 54.8 Å². The second-order valence-electron chi connectivity index (χ2n) is 9.22. The summed E-state index contributed by atoms with van der Waals surface area (Å²) >= 11 is 0. The van der Waals surface area contributed by atoms with Crippen LogP contribution in [0.15, 0.2) is 60.8 Å². The lowest BCUT2D eigenvalue weighted by atomic mass is 10.0. The zero-order valence-electron chi connectivity index (χ0n) is 19.6. The number of imidazole rings is 1. The van der Waals surface area contributed by atoms with Crippen LogP contribution in [0, 0.1) is 5.82 Å². The summed E-state index contributed by atoms with van der Waals surface area (Å²) in [5, 5.41) is 16.6. The molecule has 1 unspecified atom stereocenters. The second kappa shape index (κ2) is 9.19. The molecule has 2 fully saturated rings. The topological polar surface area (TPSA) is 98.9 Å². The first kappa shape index (κ1) is 22.4. The van der Waals surface area contributed by atoms with Gasteiger partial charge < -0.3 is 20.2 Å². The number of pyridine rings is 1. The van der Waals surface area contributed by atoms with E-state index in [2.05, 4.69) is 20.1 Å². The van der Waals surface area contributed by atoms with Gasteiger partial charge >= 0.3 is 0 Å². The highest BCUT2D eigenvalue weighted by Crippen LogP contribution is 2.35. The monoisotopic (exact) mass is 487 g/mol. The number of fused-ring (bicyclic) bond motifs is 1. The molecule has 0 saturated carbocycles. The number of aliphatic hydroxyl groups is 1. The molecule has 2 saturated heterocycles. The van der Waals surface area contributed by atoms with Gasteiger partial charge in [-0.1, -0.05) is 18.2 Å². The van der Waals surface area contributed by atoms with Crippen molar-refractivity contribution in [1.29, 1.82) is 0 Å². The lowest BCUT2D eigenvalue weighted by Crippen LogP contribution is -2.60. The Balaban J connectivity index is 1.27. The number of nitrogens with zero attached hydrogens (tertiary/aromatic N) is 6. The first-order chi connectivity index (χ1) is 17.6. The highest BCUT2D eigenvalue weighted by molar-refractivity contribution is 5.77. The van der Waals surface area contributed by atoms with Crippen molar-refractivity contribution in [1.82, 2.24) is 24.9 Å². The number of hydrogen-bond acceptors (Lipinski definition) is 7. The van der Waals surface area contributed by atoms with Gasteiger partial charge in [0.05, 0.1) is 24.0 Å². The smallest absolute Gasteiger partial charge is 0.246 e. The van der Waals surface area contributed by atoms with Gasteiger partial charge in [0.15, 0.2) is 5.65 Å². The largest absolute Gasteiger partial charge is 0.387 e. The van der Waals surface area contributed by atoms with Crippen molar-refractivity contribution < 1.29 is 14.3 Å². The van der Waals surface area contributed by atoms with Crippen LogP contribution in [-0.4, -0.2) is 62.9 Å². The Morgan fingerprint density at radius 3 is 2.81 bits per heavy atom. The van der Waals surface area contributed by atoms with Crippen LogP contribution >= 0.6 is 0 Å². The summed E-state index contributed by atoms with van der Waals surface area (Å²) in [6, 6.07) is 16.6. The van der Waals surface area contributed by atoms with Crippen molar-refractivity contribution in [2.24, 2.45) is 0 Å². The van der Waals surface area contributed by atoms with Gasteiger partial charge in [0.1, 0.15) is 29.8 Å². The van der Waals surface area contributed by atoms with Gasteiger partial charge in [0.2, 0.25) is 5.91 Å². The molecule has 10 heteroatoms. The van der Waals surface area contributed by atoms with Crippen molar-refractivity contribution in [3.05, 3.63) is 72.2 Å². The molecule has 184 valence electrons. The molecule has 3 aromatic heterocycles. The van der Waals surface area contributed by atoms with Crippen molar-refractivity contribution >= 4 is 23.2 Å². The molecule has 4 aromatic rings. The van der Waals surface area contributed by atoms with E-state index in [-0.39, 0.29) is 23.8 Å². The summed E-state index contributed by atoms with van der Waals surface area (Å²) < 4.78 is 15.7. The van der Waals surface area contributed by atoms with E-state index in [9.17, 15) is 9.18 Å². The average Bonchev–Trinajstić information content (AvgIpc) is 3.53. The van der Waals surface area contributed by atoms with Crippen molar-refractivity contribution in [3.8, 4) is 11.4 Å². The first-order valence-electron chi connectivity index (χ1n) is 12.1. The minimum atomic E-state index is -0.506. The lowest BCUT2D eigenvalue weighted by molar-refractivity contribution is -0.124. The molecule has 0 aliphatic carbocycles. The fourth-order valence-electron chi connectivity index (χ4n) is 5.07. The van der Waals surface area contributed by atoms with Crippen LogP contribution in [0.4, 0.5) is 16.0 Å². The Bertz CT molecular complexity index is 1420. The van der Waals surface area contributed by atoms with Gasteiger partial charge in [0, 0.05) is 19.6 Å². The van der Waals surface area contributed by atoms with Crippen LogP contribution in [-0.2, 0) is 4.79 Å². The van der Waals surface area contributed by atoms with Crippen molar-refractivity contribution in [2.75, 3.05) is 36.0 Å². The third kappa shape index (κ3) is 4.13. The van der Waals surface area contributed by atoms with Gasteiger partial charge in [-0.25, -0.2) is 18.9 Å². The lowest BCUT2D eigenvalue weighted by Gasteiger charge is -2.40. The predicted octanol–water partition coefficient (Wildman–Crippen LogP) is 2.57. The molecule has 2 N–H and O–H groups in total. The van der Waals surface area contributed by atoms with Gasteiger partial charge in [-0.15, -0.1) is 5.10 Å². The van der Waals surface area contributed by atoms with E-state index in [1.54, 1.807) is 18.3 Å². The second-order valence-corrected chi connectivity index (χ2v) is 9.22. The fraction of sp³-hybridized carbons (Fsp3) is 0.308. The molecule has 1 amide bonds. The van der Waals surface area contributed by atoms with Crippen LogP contribution in [0.1, 0.15) is 24.4 Å². The molecule has 36 heavy (non-hydrogen) atoms. The van der Waals surface area contributed by atoms with E-state index >= 15 is 0 Å². The van der Waals surface area contributed by atoms with Crippen LogP contribution in [0.3, 0.4) is 0 Å². The molecule has 9 nitrogen and oxygen atoms in total. The number of aromatic nitrogens is 4. The number of carbonyl (C=O) groups excluding carboxylic acids is 1. The Morgan fingerprint density at radius 2 is 1.97 bits per heavy atom. The predicted molar refractivity (Wildman–Crippen MR) is 133 cm³/mol. The number of halogens is 1. The number of rotatable bonds is 6. The van der Waals surface area contributed by atoms with Crippen LogP contribution in [0.2, 0.25) is 0 Å². The summed E-state index contributed by atoms with van der Waals surface area (Å²) in [5.74, 6) is 1.02. The number of carbonyl (C=O) groups is 1. The standard InChI is InChI=1S/C26H26FN7O2/c27-18-5-1-4-17(12-18)21-7-3-11-33(21)25-10-9-23-28-13-22(34(23)31-25)20-6-2-8-24(30-20)32-14-19(15-32)29-26(36)16-35/h1-2,4-6,8-10,12-13,19,21,35H,3,7,11,14-16H2,(H,29,36). The molecular weight excluding hydrogens is 461 g/mol. The molecule has 0 bridgehead atoms. The maximum Gasteiger partial charge on any atom is 0.246 e. The minimum absolute atomic E-state index is 0.00150. The summed E-state index contributed by atoms with van der Waals surface area (Å²) in [4.78, 5) is 25.0. The van der Waals surface area contributed by atoms with Gasteiger partial charge in [-0.3, -0.25) is 4.79 Å². The quantitative estimate of drug-likeness (QED) is 0.431. The van der Waals surface area contributed by atoms with Crippen LogP contribution < -0.4 is 15.1 Å². The SMILES string of the molecule is O=C(CO)NC1CN(c2cccc(-c3cnc4ccc(N5CCCC5c5cccc(F)c5)nn34)n2)C1. The maximum atomic E-state index is 13.9. The van der Waals surface area contributed by atoms with E-state index in [1.165, 1.54) is 6.07 Å². The third-order valence-electron chi connectivity index (χ3n) is 6.84. The van der Waals surface area contributed by atoms with Crippen molar-refractivity contribution in [2.45, 2.75) is 24.9 Å². The molecule has 0 spiro atoms. The first-order valence-corrected chi connectivity index (χ1v) is 12.1. The number of benzene rings is 1. The van der Waals surface area contributed by atoms with E-state index in [4.69, 9.17) is 15.2 Å². The van der Waals surface area contributed by atoms with Crippen LogP contribution in [0.25, 0.3) is 17.0 Å². The zero-order valence-corrected chi connectivity index (χ0v) is 19.6. The van der Waals surface area contributed by atoms with Crippen molar-refractivity contribution in [3.63, 3.8) is 0 Å². The molecule has 2 aliphatic rings. The Morgan fingerprint density at radius 1 is 1.11 bits per heavy atom. The Labute approximate surface area is 207 Å². The molecule has 5 heterocycles. The van der Waals surface area contributed by atoms with E-state index in [1.807, 2.05) is 40.9 Å². The summed E-state index contributed by atoms with van der Waals surface area (Å²) in [6.07, 6.45) is 3.72. The van der Waals surface area contributed by atoms with E-state index < -0.39 is 6.61 Å². The number of aliphatic hydroxyl groups excluding tert-OH is 1. The number of hydrogen-bond donors (Lipinski definition) is 2. The highest BCUT2D eigenvalue weighted by atomic mass is 19.1. The van der Waals surface area contributed by atoms with E-state index in [0.717, 1.165) is 53.6 Å². The highest BCUT2D eigenvalue weighted by Gasteiger charge is 2.30. The Kier molecular flexibility index (Phi) is 5.73. The summed E-state index contributed by atoms with van der Waals surface area (Å²) in [7, 11) is 0. The average molecular weight is 488 g/mol. The Hall–Kier alpha value is -4.05. The zero-order chi connectivity index (χ0) is 24.6. The molecule has 6 rings (SSSR count). The van der Waals surface area contributed by atoms with E-state index in [0.29, 0.717) is 13.1 Å². The van der Waals surface area contributed by atoms with Gasteiger partial charge in [0.25, 0.3) is 0 Å². The number of nitrogens with one attached hydrogen (secondary N) is 1. The molecular formula is C26H26FN7O2. The third-order valence-corrected chi connectivity index (χ3v) is 6.84. The molecule has 1 aromatic carbocycles. The number of anilines is 2. The number of amides is 1. The fourth-order valence-corrected chi connectivity index (χ4v) is 5.07. The normalized spacial score (nSPS) is 18.0. The van der Waals surface area contributed by atoms with Gasteiger partial charge in [-0.2, -0.15) is 0 Å². The maximum absolute atomic E-state index is 13.9. The minimum Gasteiger partial charge on any atom is -0.387 e. The molecule has 2 aliphatic heterocycles. The van der Waals surface area contributed by atoms with Crippen LogP contribution in [0.5, 0.6) is 0 Å². The molecule has 0 radical (unpaired) electrons. The molecule has 1 atom stereocenters. The summed E-state index contributed by atoms with van der Waals surface area (Å²) in [5.41, 5.74) is 3.20. The summed E-state index contributed by atoms with van der Waals surface area (Å²) in [6.45, 7) is 1.61.